The predicted octanol–water partition coefficient (Wildman–Crippen LogP) is 3.80. The van der Waals surface area contributed by atoms with Gasteiger partial charge in [0.1, 0.15) is 10.7 Å². The molecule has 15 heavy (non-hydrogen) atoms. The van der Waals surface area contributed by atoms with Gasteiger partial charge < -0.3 is 4.74 Å². The second-order valence-corrected chi connectivity index (χ2v) is 5.03. The topological polar surface area (TPSA) is 22.1 Å². The van der Waals surface area contributed by atoms with Crippen molar-refractivity contribution >= 4 is 15.9 Å². The zero-order valence-electron chi connectivity index (χ0n) is 8.95. The lowest BCUT2D eigenvalue weighted by molar-refractivity contribution is 0.0974. The molecule has 0 bridgehead atoms. The van der Waals surface area contributed by atoms with Crippen molar-refractivity contribution in [3.05, 3.63) is 22.8 Å². The molecule has 82 valence electrons. The smallest absolute Gasteiger partial charge is 0.214 e. The van der Waals surface area contributed by atoms with Gasteiger partial charge in [-0.15, -0.1) is 0 Å². The molecule has 1 heterocycles. The van der Waals surface area contributed by atoms with Gasteiger partial charge in [0.05, 0.1) is 0 Å². The summed E-state index contributed by atoms with van der Waals surface area (Å²) in [6.45, 7) is 2.27. The van der Waals surface area contributed by atoms with Crippen molar-refractivity contribution in [1.82, 2.24) is 4.98 Å². The van der Waals surface area contributed by atoms with E-state index in [0.717, 1.165) is 16.9 Å². The molecule has 0 radical (unpaired) electrons. The van der Waals surface area contributed by atoms with Crippen LogP contribution < -0.4 is 4.74 Å². The van der Waals surface area contributed by atoms with Crippen LogP contribution in [0.15, 0.2) is 22.8 Å². The molecule has 1 saturated carbocycles. The van der Waals surface area contributed by atoms with Crippen molar-refractivity contribution in [3.63, 3.8) is 0 Å². The molecule has 2 rings (SSSR count). The third-order valence-corrected chi connectivity index (χ3v) is 3.44. The first-order chi connectivity index (χ1) is 7.25. The number of ether oxygens (including phenoxy) is 1. The number of aromatic nitrogens is 1. The minimum Gasteiger partial charge on any atom is -0.474 e. The molecule has 0 spiro atoms. The van der Waals surface area contributed by atoms with Crippen LogP contribution in [0.1, 0.15) is 32.6 Å². The van der Waals surface area contributed by atoms with Crippen LogP contribution in [0.25, 0.3) is 0 Å². The third kappa shape index (κ3) is 2.94. The molecule has 0 amide bonds. The fraction of sp³-hybridized carbons (Fsp3) is 0.583. The molecule has 0 saturated heterocycles. The van der Waals surface area contributed by atoms with Crippen molar-refractivity contribution in [2.45, 2.75) is 38.7 Å². The summed E-state index contributed by atoms with van der Waals surface area (Å²) in [6, 6.07) is 5.79. The maximum absolute atomic E-state index is 5.91. The molecule has 1 aromatic rings. The summed E-state index contributed by atoms with van der Waals surface area (Å²) in [4.78, 5) is 4.30. The van der Waals surface area contributed by atoms with E-state index in [1.54, 1.807) is 0 Å². The quantitative estimate of drug-likeness (QED) is 0.762. The summed E-state index contributed by atoms with van der Waals surface area (Å²) in [6.07, 6.45) is 5.41. The third-order valence-electron chi connectivity index (χ3n) is 2.99. The number of hydrogen-bond acceptors (Lipinski definition) is 2. The van der Waals surface area contributed by atoms with Gasteiger partial charge in [-0.2, -0.15) is 0 Å². The summed E-state index contributed by atoms with van der Waals surface area (Å²) in [5.41, 5.74) is 0. The number of halogens is 1. The first kappa shape index (κ1) is 10.9. The Kier molecular flexibility index (Phi) is 3.62. The normalized spacial score (nSPS) is 26.3. The maximum atomic E-state index is 5.91. The Bertz CT molecular complexity index is 329. The van der Waals surface area contributed by atoms with E-state index in [9.17, 15) is 0 Å². The Hall–Kier alpha value is -0.570. The summed E-state index contributed by atoms with van der Waals surface area (Å²) < 4.78 is 6.74. The van der Waals surface area contributed by atoms with E-state index >= 15 is 0 Å². The van der Waals surface area contributed by atoms with Gasteiger partial charge in [-0.05, 0) is 47.2 Å². The second-order valence-electron chi connectivity index (χ2n) is 4.22. The van der Waals surface area contributed by atoms with E-state index in [1.165, 1.54) is 19.3 Å². The van der Waals surface area contributed by atoms with Crippen LogP contribution in [-0.4, -0.2) is 11.1 Å². The van der Waals surface area contributed by atoms with Gasteiger partial charge in [0.2, 0.25) is 5.88 Å². The van der Waals surface area contributed by atoms with Crippen molar-refractivity contribution in [2.75, 3.05) is 0 Å². The number of pyridine rings is 1. The van der Waals surface area contributed by atoms with Crippen molar-refractivity contribution in [1.29, 1.82) is 0 Å². The van der Waals surface area contributed by atoms with E-state index in [-0.39, 0.29) is 0 Å². The Labute approximate surface area is 99.2 Å². The second kappa shape index (κ2) is 4.97. The predicted molar refractivity (Wildman–Crippen MR) is 64.0 cm³/mol. The highest BCUT2D eigenvalue weighted by Gasteiger charge is 2.23. The Morgan fingerprint density at radius 1 is 1.33 bits per heavy atom. The zero-order valence-corrected chi connectivity index (χ0v) is 10.5. The van der Waals surface area contributed by atoms with Crippen molar-refractivity contribution in [2.24, 2.45) is 5.92 Å². The highest BCUT2D eigenvalue weighted by atomic mass is 79.9. The molecular weight excluding hydrogens is 254 g/mol. The Balaban J connectivity index is 2.01. The van der Waals surface area contributed by atoms with E-state index in [1.807, 2.05) is 18.2 Å². The maximum Gasteiger partial charge on any atom is 0.214 e. The van der Waals surface area contributed by atoms with Crippen LogP contribution in [0.3, 0.4) is 0 Å². The SMILES string of the molecule is CC1CCCCC1Oc1cccc(Br)n1. The van der Waals surface area contributed by atoms with Crippen molar-refractivity contribution in [3.8, 4) is 5.88 Å². The molecule has 0 aliphatic heterocycles. The average molecular weight is 270 g/mol. The van der Waals surface area contributed by atoms with E-state index < -0.39 is 0 Å². The summed E-state index contributed by atoms with van der Waals surface area (Å²) in [5, 5.41) is 0. The van der Waals surface area contributed by atoms with Crippen LogP contribution in [0.5, 0.6) is 5.88 Å². The van der Waals surface area contributed by atoms with Gasteiger partial charge in [0.15, 0.2) is 0 Å². The first-order valence-corrected chi connectivity index (χ1v) is 6.34. The summed E-state index contributed by atoms with van der Waals surface area (Å²) >= 11 is 3.35. The van der Waals surface area contributed by atoms with Crippen LogP contribution >= 0.6 is 15.9 Å². The molecule has 0 N–H and O–H groups in total. The van der Waals surface area contributed by atoms with E-state index in [4.69, 9.17) is 4.74 Å². The highest BCUT2D eigenvalue weighted by Crippen LogP contribution is 2.27. The average Bonchev–Trinajstić information content (AvgIpc) is 2.22. The van der Waals surface area contributed by atoms with Gasteiger partial charge in [-0.1, -0.05) is 19.4 Å². The molecule has 3 heteroatoms. The largest absolute Gasteiger partial charge is 0.474 e. The highest BCUT2D eigenvalue weighted by molar-refractivity contribution is 9.10. The van der Waals surface area contributed by atoms with Gasteiger partial charge in [0.25, 0.3) is 0 Å². The minimum absolute atomic E-state index is 0.348. The Morgan fingerprint density at radius 2 is 2.13 bits per heavy atom. The zero-order chi connectivity index (χ0) is 10.7. The standard InChI is InChI=1S/C12H16BrNO/c1-9-5-2-3-6-10(9)15-12-8-4-7-11(13)14-12/h4,7-10H,2-3,5-6H2,1H3. The van der Waals surface area contributed by atoms with Crippen LogP contribution in [-0.2, 0) is 0 Å². The lowest BCUT2D eigenvalue weighted by atomic mass is 9.88. The molecule has 1 aromatic heterocycles. The molecule has 2 nitrogen and oxygen atoms in total. The van der Waals surface area contributed by atoms with E-state index in [2.05, 4.69) is 27.8 Å². The van der Waals surface area contributed by atoms with Gasteiger partial charge >= 0.3 is 0 Å². The lowest BCUT2D eigenvalue weighted by Gasteiger charge is -2.28. The summed E-state index contributed by atoms with van der Waals surface area (Å²) in [7, 11) is 0. The fourth-order valence-electron chi connectivity index (χ4n) is 2.07. The van der Waals surface area contributed by atoms with Gasteiger partial charge in [-0.25, -0.2) is 4.98 Å². The molecule has 1 aliphatic rings. The minimum atomic E-state index is 0.348. The molecular formula is C12H16BrNO. The monoisotopic (exact) mass is 269 g/mol. The number of hydrogen-bond donors (Lipinski definition) is 0. The van der Waals surface area contributed by atoms with Crippen LogP contribution in [0.4, 0.5) is 0 Å². The summed E-state index contributed by atoms with van der Waals surface area (Å²) in [5.74, 6) is 1.39. The fourth-order valence-corrected chi connectivity index (χ4v) is 2.40. The van der Waals surface area contributed by atoms with Crippen molar-refractivity contribution < 1.29 is 4.74 Å². The molecule has 0 aromatic carbocycles. The first-order valence-electron chi connectivity index (χ1n) is 5.55. The lowest BCUT2D eigenvalue weighted by Crippen LogP contribution is -2.28. The van der Waals surface area contributed by atoms with Gasteiger partial charge in [-0.3, -0.25) is 0 Å². The molecule has 1 aliphatic carbocycles. The molecule has 1 fully saturated rings. The van der Waals surface area contributed by atoms with Gasteiger partial charge in [0, 0.05) is 6.07 Å². The molecule has 2 atom stereocenters. The Morgan fingerprint density at radius 3 is 2.87 bits per heavy atom. The van der Waals surface area contributed by atoms with E-state index in [0.29, 0.717) is 12.0 Å². The number of rotatable bonds is 2. The van der Waals surface area contributed by atoms with Crippen LogP contribution in [0, 0.1) is 5.92 Å². The van der Waals surface area contributed by atoms with Crippen LogP contribution in [0.2, 0.25) is 0 Å². The number of nitrogens with zero attached hydrogens (tertiary/aromatic N) is 1. The molecule has 2 unspecified atom stereocenters.